The van der Waals surface area contributed by atoms with Gasteiger partial charge >= 0.3 is 0 Å². The Morgan fingerprint density at radius 2 is 2.22 bits per heavy atom. The van der Waals surface area contributed by atoms with E-state index in [1.165, 1.54) is 19.3 Å². The van der Waals surface area contributed by atoms with Crippen LogP contribution in [0, 0.1) is 0 Å². The van der Waals surface area contributed by atoms with Gasteiger partial charge in [-0.25, -0.2) is 0 Å². The quantitative estimate of drug-likeness (QED) is 0.824. The second-order valence-corrected chi connectivity index (χ2v) is 6.48. The molecule has 1 saturated carbocycles. The number of guanidine groups is 1. The van der Waals surface area contributed by atoms with Crippen molar-refractivity contribution >= 4 is 5.96 Å². The summed E-state index contributed by atoms with van der Waals surface area (Å²) in [5.41, 5.74) is 6.35. The van der Waals surface area contributed by atoms with Crippen molar-refractivity contribution in [2.45, 2.75) is 70.1 Å². The third-order valence-electron chi connectivity index (χ3n) is 5.06. The van der Waals surface area contributed by atoms with E-state index in [9.17, 15) is 0 Å². The minimum absolute atomic E-state index is 0.196. The molecule has 0 aromatic carbocycles. The van der Waals surface area contributed by atoms with Crippen LogP contribution in [0.1, 0.15) is 46.5 Å². The Morgan fingerprint density at radius 1 is 1.50 bits per heavy atom. The minimum atomic E-state index is 0.196. The lowest BCUT2D eigenvalue weighted by Gasteiger charge is -2.40. The van der Waals surface area contributed by atoms with Crippen molar-refractivity contribution < 1.29 is 0 Å². The molecular formula is C14H26N4. The molecule has 2 fully saturated rings. The zero-order chi connectivity index (χ0) is 12.9. The molecule has 1 spiro atoms. The van der Waals surface area contributed by atoms with E-state index in [2.05, 4.69) is 35.6 Å². The molecule has 4 heteroatoms. The fraction of sp³-hybridized carbons (Fsp3) is 0.929. The first kappa shape index (κ1) is 12.3. The van der Waals surface area contributed by atoms with Gasteiger partial charge in [0.1, 0.15) is 0 Å². The molecule has 3 aliphatic rings. The summed E-state index contributed by atoms with van der Waals surface area (Å²) in [6.07, 6.45) is 5.13. The third kappa shape index (κ3) is 1.73. The predicted molar refractivity (Wildman–Crippen MR) is 74.6 cm³/mol. The number of nitrogens with two attached hydrogens (primary N) is 1. The molecule has 2 N–H and O–H groups in total. The van der Waals surface area contributed by atoms with Crippen LogP contribution in [0.4, 0.5) is 0 Å². The maximum absolute atomic E-state index is 6.15. The van der Waals surface area contributed by atoms with Crippen molar-refractivity contribution in [2.75, 3.05) is 13.1 Å². The molecule has 0 bridgehead atoms. The van der Waals surface area contributed by atoms with Crippen molar-refractivity contribution in [2.24, 2.45) is 10.7 Å². The van der Waals surface area contributed by atoms with E-state index in [1.54, 1.807) is 0 Å². The number of nitrogens with zero attached hydrogens (tertiary/aromatic N) is 3. The molecule has 0 aromatic rings. The Morgan fingerprint density at radius 3 is 2.83 bits per heavy atom. The van der Waals surface area contributed by atoms with E-state index in [1.807, 2.05) is 0 Å². The zero-order valence-corrected chi connectivity index (χ0v) is 11.9. The predicted octanol–water partition coefficient (Wildman–Crippen LogP) is 1.41. The number of hydrogen-bond acceptors (Lipinski definition) is 4. The Labute approximate surface area is 110 Å². The van der Waals surface area contributed by atoms with Crippen LogP contribution in [0.5, 0.6) is 0 Å². The lowest BCUT2D eigenvalue weighted by Crippen LogP contribution is -2.56. The molecule has 1 aliphatic carbocycles. The van der Waals surface area contributed by atoms with Crippen molar-refractivity contribution in [3.63, 3.8) is 0 Å². The third-order valence-corrected chi connectivity index (χ3v) is 5.06. The first-order valence-corrected chi connectivity index (χ1v) is 7.42. The summed E-state index contributed by atoms with van der Waals surface area (Å²) in [6, 6.07) is 2.03. The van der Waals surface area contributed by atoms with Crippen LogP contribution in [0.25, 0.3) is 0 Å². The van der Waals surface area contributed by atoms with Gasteiger partial charge in [0.25, 0.3) is 0 Å². The normalized spacial score (nSPS) is 38.5. The number of aliphatic imine (C=N–C) groups is 1. The second kappa shape index (κ2) is 4.12. The number of likely N-dealkylation sites (tertiary alicyclic amines) is 1. The molecule has 1 saturated heterocycles. The summed E-state index contributed by atoms with van der Waals surface area (Å²) in [5, 5.41) is 0. The number of rotatable bonds is 3. The van der Waals surface area contributed by atoms with Crippen molar-refractivity contribution in [1.82, 2.24) is 9.80 Å². The van der Waals surface area contributed by atoms with E-state index in [0.29, 0.717) is 12.1 Å². The molecule has 3 unspecified atom stereocenters. The van der Waals surface area contributed by atoms with Gasteiger partial charge < -0.3 is 10.6 Å². The second-order valence-electron chi connectivity index (χ2n) is 6.48. The highest BCUT2D eigenvalue weighted by molar-refractivity contribution is 5.81. The lowest BCUT2D eigenvalue weighted by molar-refractivity contribution is 0.151. The number of hydrogen-bond donors (Lipinski definition) is 1. The molecule has 3 rings (SSSR count). The van der Waals surface area contributed by atoms with E-state index < -0.39 is 0 Å². The molecular weight excluding hydrogens is 224 g/mol. The van der Waals surface area contributed by atoms with Crippen LogP contribution in [0.2, 0.25) is 0 Å². The molecule has 18 heavy (non-hydrogen) atoms. The average molecular weight is 250 g/mol. The van der Waals surface area contributed by atoms with E-state index >= 15 is 0 Å². The molecule has 0 radical (unpaired) electrons. The fourth-order valence-corrected chi connectivity index (χ4v) is 3.91. The van der Waals surface area contributed by atoms with Crippen LogP contribution in [0.15, 0.2) is 4.99 Å². The van der Waals surface area contributed by atoms with Crippen molar-refractivity contribution in [3.8, 4) is 0 Å². The smallest absolute Gasteiger partial charge is 0.192 e. The van der Waals surface area contributed by atoms with Crippen LogP contribution in [0.3, 0.4) is 0 Å². The summed E-state index contributed by atoms with van der Waals surface area (Å²) in [5.74, 6) is 0.772. The van der Waals surface area contributed by atoms with E-state index in [-0.39, 0.29) is 5.54 Å². The van der Waals surface area contributed by atoms with E-state index in [4.69, 9.17) is 5.73 Å². The van der Waals surface area contributed by atoms with Gasteiger partial charge in [0.05, 0.1) is 12.1 Å². The maximum Gasteiger partial charge on any atom is 0.192 e. The highest BCUT2D eigenvalue weighted by atomic mass is 15.4. The highest BCUT2D eigenvalue weighted by Gasteiger charge is 2.53. The minimum Gasteiger partial charge on any atom is -0.370 e. The summed E-state index contributed by atoms with van der Waals surface area (Å²) < 4.78 is 0. The summed E-state index contributed by atoms with van der Waals surface area (Å²) in [4.78, 5) is 9.68. The van der Waals surface area contributed by atoms with Gasteiger partial charge in [0.2, 0.25) is 0 Å². The van der Waals surface area contributed by atoms with Crippen molar-refractivity contribution in [1.29, 1.82) is 0 Å². The van der Waals surface area contributed by atoms with Gasteiger partial charge in [0.15, 0.2) is 5.96 Å². The average Bonchev–Trinajstić information content (AvgIpc) is 3.07. The maximum atomic E-state index is 6.15. The van der Waals surface area contributed by atoms with Gasteiger partial charge in [-0.1, -0.05) is 6.92 Å². The zero-order valence-electron chi connectivity index (χ0n) is 11.9. The van der Waals surface area contributed by atoms with Gasteiger partial charge in [-0.2, -0.15) is 0 Å². The molecule has 2 heterocycles. The van der Waals surface area contributed by atoms with Gasteiger partial charge in [-0.05, 0) is 39.5 Å². The first-order valence-electron chi connectivity index (χ1n) is 7.42. The summed E-state index contributed by atoms with van der Waals surface area (Å²) in [7, 11) is 0. The summed E-state index contributed by atoms with van der Waals surface area (Å²) in [6.45, 7) is 8.95. The standard InChI is InChI=1S/C14H26N4/c1-4-10(2)18-13(15)16-8-14(18)7-11(3)17(9-14)12-5-6-12/h10-12H,4-9H2,1-3H3,(H2,15,16). The molecule has 2 aliphatic heterocycles. The van der Waals surface area contributed by atoms with Crippen LogP contribution in [-0.2, 0) is 0 Å². The van der Waals surface area contributed by atoms with Crippen LogP contribution in [-0.4, -0.2) is 52.5 Å². The Bertz CT molecular complexity index is 363. The topological polar surface area (TPSA) is 44.9 Å². The molecule has 3 atom stereocenters. The van der Waals surface area contributed by atoms with Gasteiger partial charge in [0, 0.05) is 24.7 Å². The van der Waals surface area contributed by atoms with Gasteiger partial charge in [-0.3, -0.25) is 9.89 Å². The Hall–Kier alpha value is -0.770. The lowest BCUT2D eigenvalue weighted by atomic mass is 9.93. The molecule has 0 aromatic heterocycles. The fourth-order valence-electron chi connectivity index (χ4n) is 3.91. The highest BCUT2D eigenvalue weighted by Crippen LogP contribution is 2.42. The molecule has 102 valence electrons. The van der Waals surface area contributed by atoms with E-state index in [0.717, 1.165) is 31.5 Å². The monoisotopic (exact) mass is 250 g/mol. The Balaban J connectivity index is 1.82. The van der Waals surface area contributed by atoms with Gasteiger partial charge in [-0.15, -0.1) is 0 Å². The first-order chi connectivity index (χ1) is 8.57. The van der Waals surface area contributed by atoms with Crippen LogP contribution < -0.4 is 5.73 Å². The van der Waals surface area contributed by atoms with Crippen molar-refractivity contribution in [3.05, 3.63) is 0 Å². The SMILES string of the molecule is CCC(C)N1C(N)=NCC12CC(C)N(C1CC1)C2. The Kier molecular flexibility index (Phi) is 2.81. The largest absolute Gasteiger partial charge is 0.370 e. The molecule has 0 amide bonds. The molecule has 4 nitrogen and oxygen atoms in total. The van der Waals surface area contributed by atoms with Crippen LogP contribution >= 0.6 is 0 Å². The summed E-state index contributed by atoms with van der Waals surface area (Å²) >= 11 is 0.